The third kappa shape index (κ3) is 3.34. The Bertz CT molecular complexity index is 580. The Morgan fingerprint density at radius 3 is 2.67 bits per heavy atom. The third-order valence-electron chi connectivity index (χ3n) is 4.53. The second-order valence-electron chi connectivity index (χ2n) is 6.15. The molecule has 21 heavy (non-hydrogen) atoms. The summed E-state index contributed by atoms with van der Waals surface area (Å²) in [7, 11) is -3.23. The molecule has 4 nitrogen and oxygen atoms in total. The Morgan fingerprint density at radius 1 is 1.10 bits per heavy atom. The minimum absolute atomic E-state index is 0.307. The zero-order valence-corrected chi connectivity index (χ0v) is 13.2. The fourth-order valence-corrected chi connectivity index (χ4v) is 5.41. The van der Waals surface area contributed by atoms with Gasteiger partial charge in [-0.25, -0.2) is 8.42 Å². The lowest BCUT2D eigenvalue weighted by Gasteiger charge is -2.28. The van der Waals surface area contributed by atoms with Crippen LogP contribution in [-0.4, -0.2) is 27.3 Å². The van der Waals surface area contributed by atoms with Crippen LogP contribution in [0.2, 0.25) is 0 Å². The third-order valence-corrected chi connectivity index (χ3v) is 6.48. The maximum Gasteiger partial charge on any atom is 0.235 e. The molecule has 1 N–H and O–H groups in total. The van der Waals surface area contributed by atoms with Gasteiger partial charge in [0.25, 0.3) is 0 Å². The first-order chi connectivity index (χ1) is 10.2. The standard InChI is InChI=1S/C16H24N2O2S/c19-21(20,13-14-7-2-1-3-8-14)18-12-6-11-17-15-9-4-5-10-16(15)18/h4-5,9-10,14,17H,1-3,6-8,11-13H2. The van der Waals surface area contributed by atoms with Crippen molar-refractivity contribution < 1.29 is 8.42 Å². The van der Waals surface area contributed by atoms with Crippen LogP contribution >= 0.6 is 0 Å². The number of benzene rings is 1. The molecule has 1 heterocycles. The van der Waals surface area contributed by atoms with Crippen LogP contribution in [0.5, 0.6) is 0 Å². The van der Waals surface area contributed by atoms with Gasteiger partial charge in [-0.2, -0.15) is 0 Å². The molecule has 0 bridgehead atoms. The molecule has 0 atom stereocenters. The molecule has 2 aliphatic rings. The minimum Gasteiger partial charge on any atom is -0.383 e. The van der Waals surface area contributed by atoms with E-state index < -0.39 is 10.0 Å². The van der Waals surface area contributed by atoms with Crippen molar-refractivity contribution in [2.75, 3.05) is 28.5 Å². The fraction of sp³-hybridized carbons (Fsp3) is 0.625. The van der Waals surface area contributed by atoms with Gasteiger partial charge in [0.05, 0.1) is 17.1 Å². The van der Waals surface area contributed by atoms with Crippen molar-refractivity contribution in [2.24, 2.45) is 5.92 Å². The van der Waals surface area contributed by atoms with Gasteiger partial charge in [0.2, 0.25) is 10.0 Å². The van der Waals surface area contributed by atoms with Crippen molar-refractivity contribution in [1.29, 1.82) is 0 Å². The molecule has 1 saturated carbocycles. The normalized spacial score (nSPS) is 20.5. The number of fused-ring (bicyclic) bond motifs is 1. The summed E-state index contributed by atoms with van der Waals surface area (Å²) in [5, 5.41) is 3.32. The summed E-state index contributed by atoms with van der Waals surface area (Å²) < 4.78 is 27.4. The van der Waals surface area contributed by atoms with Gasteiger partial charge in [-0.3, -0.25) is 4.31 Å². The summed E-state index contributed by atoms with van der Waals surface area (Å²) in [6.07, 6.45) is 6.59. The van der Waals surface area contributed by atoms with Crippen LogP contribution in [0.15, 0.2) is 24.3 Å². The SMILES string of the molecule is O=S(=O)(CC1CCCCC1)N1CCCNc2ccccc21. The Hall–Kier alpha value is -1.23. The Kier molecular flexibility index (Phi) is 4.38. The smallest absolute Gasteiger partial charge is 0.235 e. The maximum absolute atomic E-state index is 12.9. The molecule has 1 aromatic carbocycles. The summed E-state index contributed by atoms with van der Waals surface area (Å²) in [6, 6.07) is 7.73. The van der Waals surface area contributed by atoms with Crippen molar-refractivity contribution in [2.45, 2.75) is 38.5 Å². The average molecular weight is 308 g/mol. The van der Waals surface area contributed by atoms with Gasteiger partial charge in [-0.05, 0) is 37.3 Å². The molecule has 0 saturated heterocycles. The first-order valence-electron chi connectivity index (χ1n) is 8.00. The molecule has 1 aliphatic heterocycles. The van der Waals surface area contributed by atoms with Gasteiger partial charge in [0, 0.05) is 13.1 Å². The summed E-state index contributed by atoms with van der Waals surface area (Å²) in [5.74, 6) is 0.647. The van der Waals surface area contributed by atoms with Crippen LogP contribution in [-0.2, 0) is 10.0 Å². The van der Waals surface area contributed by atoms with Gasteiger partial charge >= 0.3 is 0 Å². The molecule has 1 fully saturated rings. The maximum atomic E-state index is 12.9. The van der Waals surface area contributed by atoms with E-state index in [1.54, 1.807) is 4.31 Å². The van der Waals surface area contributed by atoms with Gasteiger partial charge in [-0.15, -0.1) is 0 Å². The van der Waals surface area contributed by atoms with E-state index in [0.717, 1.165) is 37.2 Å². The first-order valence-corrected chi connectivity index (χ1v) is 9.61. The quantitative estimate of drug-likeness (QED) is 0.932. The number of nitrogens with zero attached hydrogens (tertiary/aromatic N) is 1. The zero-order chi connectivity index (χ0) is 14.7. The van der Waals surface area contributed by atoms with E-state index in [4.69, 9.17) is 0 Å². The van der Waals surface area contributed by atoms with Gasteiger partial charge in [0.1, 0.15) is 0 Å². The van der Waals surface area contributed by atoms with Crippen molar-refractivity contribution in [3.63, 3.8) is 0 Å². The van der Waals surface area contributed by atoms with Crippen LogP contribution < -0.4 is 9.62 Å². The lowest BCUT2D eigenvalue weighted by molar-refractivity contribution is 0.384. The van der Waals surface area contributed by atoms with E-state index in [2.05, 4.69) is 5.32 Å². The summed E-state index contributed by atoms with van der Waals surface area (Å²) in [4.78, 5) is 0. The van der Waals surface area contributed by atoms with Crippen molar-refractivity contribution in [3.05, 3.63) is 24.3 Å². The first kappa shape index (κ1) is 14.7. The lowest BCUT2D eigenvalue weighted by Crippen LogP contribution is -2.36. The molecule has 116 valence electrons. The lowest BCUT2D eigenvalue weighted by atomic mass is 9.91. The van der Waals surface area contributed by atoms with Crippen LogP contribution in [0.3, 0.4) is 0 Å². The van der Waals surface area contributed by atoms with Crippen LogP contribution in [0.1, 0.15) is 38.5 Å². The molecule has 0 amide bonds. The van der Waals surface area contributed by atoms with E-state index in [9.17, 15) is 8.42 Å². The number of anilines is 2. The topological polar surface area (TPSA) is 49.4 Å². The molecule has 0 radical (unpaired) electrons. The molecule has 5 heteroatoms. The highest BCUT2D eigenvalue weighted by Crippen LogP contribution is 2.32. The Balaban J connectivity index is 1.84. The van der Waals surface area contributed by atoms with Crippen molar-refractivity contribution in [1.82, 2.24) is 0 Å². The van der Waals surface area contributed by atoms with Gasteiger partial charge in [0.15, 0.2) is 0 Å². The number of hydrogen-bond donors (Lipinski definition) is 1. The molecule has 0 unspecified atom stereocenters. The highest BCUT2D eigenvalue weighted by molar-refractivity contribution is 7.92. The van der Waals surface area contributed by atoms with E-state index in [1.807, 2.05) is 24.3 Å². The number of hydrogen-bond acceptors (Lipinski definition) is 3. The minimum atomic E-state index is -3.23. The van der Waals surface area contributed by atoms with Gasteiger partial charge in [-0.1, -0.05) is 31.4 Å². The monoisotopic (exact) mass is 308 g/mol. The second kappa shape index (κ2) is 6.26. The number of para-hydroxylation sites is 2. The van der Waals surface area contributed by atoms with E-state index >= 15 is 0 Å². The van der Waals surface area contributed by atoms with Crippen molar-refractivity contribution in [3.8, 4) is 0 Å². The molecular weight excluding hydrogens is 284 g/mol. The predicted octanol–water partition coefficient (Wildman–Crippen LogP) is 3.22. The van der Waals surface area contributed by atoms with Gasteiger partial charge < -0.3 is 5.32 Å². The zero-order valence-electron chi connectivity index (χ0n) is 12.4. The number of nitrogens with one attached hydrogen (secondary N) is 1. The molecule has 1 aromatic rings. The van der Waals surface area contributed by atoms with Crippen molar-refractivity contribution >= 4 is 21.4 Å². The van der Waals surface area contributed by atoms with Crippen LogP contribution in [0, 0.1) is 5.92 Å². The molecule has 3 rings (SSSR count). The largest absolute Gasteiger partial charge is 0.383 e. The van der Waals surface area contributed by atoms with E-state index in [-0.39, 0.29) is 0 Å². The molecular formula is C16H24N2O2S. The summed E-state index contributed by atoms with van der Waals surface area (Å²) in [5.41, 5.74) is 1.74. The second-order valence-corrected chi connectivity index (χ2v) is 8.09. The predicted molar refractivity (Wildman–Crippen MR) is 87.3 cm³/mol. The molecule has 1 aliphatic carbocycles. The molecule has 0 aromatic heterocycles. The highest BCUT2D eigenvalue weighted by atomic mass is 32.2. The Labute approximate surface area is 127 Å². The number of sulfonamides is 1. The van der Waals surface area contributed by atoms with E-state index in [1.165, 1.54) is 19.3 Å². The summed E-state index contributed by atoms with van der Waals surface area (Å²) >= 11 is 0. The summed E-state index contributed by atoms with van der Waals surface area (Å²) in [6.45, 7) is 1.41. The fourth-order valence-electron chi connectivity index (χ4n) is 3.44. The van der Waals surface area contributed by atoms with Crippen LogP contribution in [0.4, 0.5) is 11.4 Å². The average Bonchev–Trinajstić information content (AvgIpc) is 2.70. The number of rotatable bonds is 3. The highest BCUT2D eigenvalue weighted by Gasteiger charge is 2.29. The van der Waals surface area contributed by atoms with Crippen LogP contribution in [0.25, 0.3) is 0 Å². The molecule has 0 spiro atoms. The Morgan fingerprint density at radius 2 is 1.86 bits per heavy atom. The van der Waals surface area contributed by atoms with E-state index in [0.29, 0.717) is 18.2 Å².